The van der Waals surface area contributed by atoms with Crippen LogP contribution in [0.4, 0.5) is 11.4 Å². The Kier molecular flexibility index (Phi) is 41.9. The number of aliphatic hydroxyl groups is 2. The van der Waals surface area contributed by atoms with Crippen LogP contribution in [-0.2, 0) is 0 Å². The Hall–Kier alpha value is -6.82. The minimum absolute atomic E-state index is 0.0579. The molecule has 0 aliphatic carbocycles. The summed E-state index contributed by atoms with van der Waals surface area (Å²) in [6.45, 7) is 5.59. The number of para-hydroxylation sites is 2. The minimum Gasteiger partial charge on any atom is -0.494 e. The molecule has 0 spiro atoms. The van der Waals surface area contributed by atoms with E-state index in [1.807, 2.05) is 0 Å². The first-order valence-electron chi connectivity index (χ1n) is 37.4. The van der Waals surface area contributed by atoms with Crippen LogP contribution < -0.4 is 18.9 Å². The maximum absolute atomic E-state index is 13.7. The van der Waals surface area contributed by atoms with Crippen LogP contribution in [0.5, 0.6) is 34.5 Å². The minimum atomic E-state index is -1.67. The number of ether oxygens (including phenoxy) is 4. The van der Waals surface area contributed by atoms with Gasteiger partial charge in [-0.3, -0.25) is 0 Å². The van der Waals surface area contributed by atoms with Crippen LogP contribution in [0.3, 0.4) is 0 Å². The van der Waals surface area contributed by atoms with Gasteiger partial charge in [0.2, 0.25) is 11.8 Å². The molecular weight excluding hydrogens is 1170 g/mol. The van der Waals surface area contributed by atoms with Crippen LogP contribution in [0.25, 0.3) is 0 Å². The third-order valence-electron chi connectivity index (χ3n) is 17.9. The largest absolute Gasteiger partial charge is 0.494 e. The fourth-order valence-corrected chi connectivity index (χ4v) is 12.3. The van der Waals surface area contributed by atoms with E-state index in [1.54, 1.807) is 97.1 Å². The topological polar surface area (TPSA) is 177 Å². The van der Waals surface area contributed by atoms with Crippen molar-refractivity contribution in [3.05, 3.63) is 131 Å². The third-order valence-corrected chi connectivity index (χ3v) is 17.9. The summed E-state index contributed by atoms with van der Waals surface area (Å²) in [5.41, 5.74) is -2.20. The monoisotopic (exact) mass is 1290 g/mol. The lowest BCUT2D eigenvalue weighted by Crippen LogP contribution is -2.21. The number of aromatic carboxylic acids is 2. The van der Waals surface area contributed by atoms with Crippen molar-refractivity contribution < 1.29 is 49.0 Å². The number of aliphatic imine (C=N–C) groups is 2. The first-order valence-corrected chi connectivity index (χ1v) is 37.4. The molecule has 12 heteroatoms. The average Bonchev–Trinajstić information content (AvgIpc) is 0.746. The SMILES string of the molecule is CCCCCCCCCCCCCCCCCCCCCCCCOc1ccc(Oc2c(C(=O)O)c(C(O)=Nc3ccccc3)c(Oc3ccc(OCCCCCCCCCCCCCCCCCCCCCCCC)cc3)c(C(O)=Nc3ccccc3)c2C(=O)O)cc1. The highest BCUT2D eigenvalue weighted by Gasteiger charge is 2.38. The Morgan fingerprint density at radius 2 is 0.489 bits per heavy atom. The van der Waals surface area contributed by atoms with E-state index in [-0.39, 0.29) is 22.9 Å². The van der Waals surface area contributed by atoms with E-state index in [0.717, 1.165) is 38.5 Å². The number of benzene rings is 5. The number of carbonyl (C=O) groups is 2. The van der Waals surface area contributed by atoms with Crippen molar-refractivity contribution in [1.29, 1.82) is 0 Å². The lowest BCUT2D eigenvalue weighted by molar-refractivity contribution is 0.0690. The van der Waals surface area contributed by atoms with Gasteiger partial charge < -0.3 is 39.4 Å². The van der Waals surface area contributed by atoms with Gasteiger partial charge in [0.1, 0.15) is 34.1 Å². The van der Waals surface area contributed by atoms with Crippen molar-refractivity contribution in [3.63, 3.8) is 0 Å². The molecule has 12 nitrogen and oxygen atoms in total. The quantitative estimate of drug-likeness (QED) is 0.0166. The molecule has 0 bridgehead atoms. The predicted molar refractivity (Wildman–Crippen MR) is 389 cm³/mol. The molecule has 5 rings (SSSR count). The molecule has 0 unspecified atom stereocenters. The van der Waals surface area contributed by atoms with Crippen LogP contribution in [0.15, 0.2) is 119 Å². The van der Waals surface area contributed by atoms with E-state index in [9.17, 15) is 30.0 Å². The average molecular weight is 1290 g/mol. The number of hydrogen-bond acceptors (Lipinski definition) is 8. The molecule has 94 heavy (non-hydrogen) atoms. The standard InChI is InChI=1S/C82H120N2O10/c1-3-5-7-9-11-13-15-17-19-21-23-25-27-29-31-33-35-37-39-41-43-51-65-91-69-57-61-71(62-58-69)93-77-73(79(85)83-67-53-47-45-48-54-67)75(81(87)88)78(76(82(89)90)74(77)80(86)84-68-55-49-46-50-56-68)94-72-63-59-70(60-64-72)92-66-52-44-42-40-38-36-34-32-30-28-26-24-22-20-18-16-14-12-10-8-6-4-2/h45-50,53-64H,3-44,51-52,65-66H2,1-2H3,(H,83,85)(H,84,86)(H,87,88)(H,89,90). The van der Waals surface area contributed by atoms with Gasteiger partial charge in [-0.2, -0.15) is 0 Å². The molecule has 0 radical (unpaired) electrons. The fourth-order valence-electron chi connectivity index (χ4n) is 12.3. The van der Waals surface area contributed by atoms with Crippen LogP contribution in [0.1, 0.15) is 328 Å². The van der Waals surface area contributed by atoms with Gasteiger partial charge in [-0.15, -0.1) is 0 Å². The van der Waals surface area contributed by atoms with Gasteiger partial charge in [0, 0.05) is 0 Å². The summed E-state index contributed by atoms with van der Waals surface area (Å²) in [5, 5.41) is 46.4. The maximum atomic E-state index is 13.7. The van der Waals surface area contributed by atoms with E-state index in [1.165, 1.54) is 256 Å². The Morgan fingerprint density at radius 3 is 0.723 bits per heavy atom. The van der Waals surface area contributed by atoms with Gasteiger partial charge in [0.25, 0.3) is 0 Å². The fraction of sp³-hybridized carbons (Fsp3) is 0.585. The predicted octanol–water partition coefficient (Wildman–Crippen LogP) is 25.9. The Balaban J connectivity index is 1.13. The number of carboxylic acids is 2. The Bertz CT molecular complexity index is 2720. The van der Waals surface area contributed by atoms with E-state index in [0.29, 0.717) is 24.7 Å². The van der Waals surface area contributed by atoms with Gasteiger partial charge >= 0.3 is 11.9 Å². The molecule has 5 aromatic rings. The summed E-state index contributed by atoms with van der Waals surface area (Å²) in [6, 6.07) is 29.6. The number of rotatable bonds is 58. The first-order chi connectivity index (χ1) is 46.2. The molecule has 0 atom stereocenters. The number of carboxylic acid groups (broad SMARTS) is 2. The second-order valence-electron chi connectivity index (χ2n) is 26.0. The zero-order chi connectivity index (χ0) is 66.7. The lowest BCUT2D eigenvalue weighted by Gasteiger charge is -2.22. The van der Waals surface area contributed by atoms with E-state index in [2.05, 4.69) is 23.8 Å². The van der Waals surface area contributed by atoms with Crippen LogP contribution in [-0.4, -0.2) is 57.4 Å². The van der Waals surface area contributed by atoms with Crippen molar-refractivity contribution in [3.8, 4) is 34.5 Å². The first kappa shape index (κ1) is 77.9. The smallest absolute Gasteiger partial charge is 0.340 e. The van der Waals surface area contributed by atoms with Gasteiger partial charge in [0.15, 0.2) is 11.5 Å². The summed E-state index contributed by atoms with van der Waals surface area (Å²) in [7, 11) is 0. The second kappa shape index (κ2) is 50.6. The van der Waals surface area contributed by atoms with Crippen molar-refractivity contribution in [2.24, 2.45) is 9.98 Å². The molecule has 0 aromatic heterocycles. The normalized spacial score (nSPS) is 11.7. The van der Waals surface area contributed by atoms with Gasteiger partial charge in [-0.25, -0.2) is 19.6 Å². The molecule has 518 valence electrons. The molecule has 0 aliphatic heterocycles. The van der Waals surface area contributed by atoms with Crippen molar-refractivity contribution >= 4 is 35.1 Å². The molecule has 0 amide bonds. The summed E-state index contributed by atoms with van der Waals surface area (Å²) in [4.78, 5) is 36.2. The molecule has 0 fully saturated rings. The van der Waals surface area contributed by atoms with Crippen LogP contribution >= 0.6 is 0 Å². The zero-order valence-corrected chi connectivity index (χ0v) is 58.1. The third kappa shape index (κ3) is 33.0. The van der Waals surface area contributed by atoms with Crippen molar-refractivity contribution in [2.45, 2.75) is 296 Å². The van der Waals surface area contributed by atoms with E-state index < -0.39 is 57.5 Å². The lowest BCUT2D eigenvalue weighted by atomic mass is 9.93. The van der Waals surface area contributed by atoms with Crippen LogP contribution in [0.2, 0.25) is 0 Å². The second-order valence-corrected chi connectivity index (χ2v) is 26.0. The molecule has 0 saturated heterocycles. The Morgan fingerprint density at radius 1 is 0.277 bits per heavy atom. The molecular formula is C82H120N2O10. The number of aliphatic hydroxyl groups excluding tert-OH is 2. The molecule has 0 saturated carbocycles. The highest BCUT2D eigenvalue weighted by Crippen LogP contribution is 2.45. The zero-order valence-electron chi connectivity index (χ0n) is 58.1. The highest BCUT2D eigenvalue weighted by atomic mass is 16.5. The van der Waals surface area contributed by atoms with Gasteiger partial charge in [0.05, 0.1) is 35.7 Å². The summed E-state index contributed by atoms with van der Waals surface area (Å²) in [6.07, 6.45) is 58.2. The van der Waals surface area contributed by atoms with E-state index >= 15 is 0 Å². The highest BCUT2D eigenvalue weighted by molar-refractivity contribution is 6.17. The Labute approximate surface area is 566 Å². The maximum Gasteiger partial charge on any atom is 0.340 e. The van der Waals surface area contributed by atoms with Gasteiger partial charge in [-0.05, 0) is 85.6 Å². The van der Waals surface area contributed by atoms with Gasteiger partial charge in [-0.1, -0.05) is 320 Å². The van der Waals surface area contributed by atoms with Crippen molar-refractivity contribution in [2.75, 3.05) is 13.2 Å². The molecule has 5 aromatic carbocycles. The van der Waals surface area contributed by atoms with Crippen LogP contribution in [0, 0.1) is 0 Å². The summed E-state index contributed by atoms with van der Waals surface area (Å²) in [5.74, 6) is -5.01. The van der Waals surface area contributed by atoms with E-state index in [4.69, 9.17) is 18.9 Å². The summed E-state index contributed by atoms with van der Waals surface area (Å²) < 4.78 is 24.9. The number of hydrogen-bond donors (Lipinski definition) is 4. The number of nitrogens with zero attached hydrogens (tertiary/aromatic N) is 2. The number of unbranched alkanes of at least 4 members (excludes halogenated alkanes) is 42. The van der Waals surface area contributed by atoms with Crippen molar-refractivity contribution in [1.82, 2.24) is 0 Å². The molecule has 0 heterocycles. The molecule has 0 aliphatic rings. The molecule has 4 N–H and O–H groups in total. The summed E-state index contributed by atoms with van der Waals surface area (Å²) >= 11 is 0.